The van der Waals surface area contributed by atoms with Crippen LogP contribution in [0.5, 0.6) is 5.75 Å². The van der Waals surface area contributed by atoms with Crippen LogP contribution >= 0.6 is 0 Å². The molecule has 1 saturated heterocycles. The first kappa shape index (κ1) is 13.9. The molecule has 1 aliphatic rings. The molecule has 1 atom stereocenters. The summed E-state index contributed by atoms with van der Waals surface area (Å²) in [5.41, 5.74) is 0.948. The third kappa shape index (κ3) is 2.90. The van der Waals surface area contributed by atoms with E-state index >= 15 is 0 Å². The Morgan fingerprint density at radius 2 is 2.00 bits per heavy atom. The van der Waals surface area contributed by atoms with Crippen LogP contribution in [0.4, 0.5) is 0 Å². The standard InChI is InChI=1S/C16H21NO2/c1-15(2)12-16(8-10-17,9-11-19-15)13-4-6-14(18-3)7-5-13/h4-7H,8-9,11-12H2,1-3H3. The van der Waals surface area contributed by atoms with Gasteiger partial charge in [-0.05, 0) is 44.4 Å². The Bertz CT molecular complexity index is 473. The molecule has 1 fully saturated rings. The third-order valence-corrected chi connectivity index (χ3v) is 3.96. The number of hydrogen-bond donors (Lipinski definition) is 0. The molecule has 0 bridgehead atoms. The van der Waals surface area contributed by atoms with Crippen LogP contribution in [0.2, 0.25) is 0 Å². The zero-order valence-corrected chi connectivity index (χ0v) is 11.9. The molecule has 1 aromatic carbocycles. The Balaban J connectivity index is 2.35. The predicted molar refractivity (Wildman–Crippen MR) is 74.2 cm³/mol. The fourth-order valence-electron chi connectivity index (χ4n) is 3.07. The van der Waals surface area contributed by atoms with Crippen molar-refractivity contribution in [3.63, 3.8) is 0 Å². The predicted octanol–water partition coefficient (Wildman–Crippen LogP) is 3.44. The molecular weight excluding hydrogens is 238 g/mol. The van der Waals surface area contributed by atoms with Crippen molar-refractivity contribution in [2.45, 2.75) is 44.1 Å². The highest BCUT2D eigenvalue weighted by Crippen LogP contribution is 2.44. The molecular formula is C16H21NO2. The van der Waals surface area contributed by atoms with Gasteiger partial charge in [-0.2, -0.15) is 5.26 Å². The van der Waals surface area contributed by atoms with E-state index in [1.807, 2.05) is 12.1 Å². The van der Waals surface area contributed by atoms with Crippen molar-refractivity contribution in [1.29, 1.82) is 5.26 Å². The molecule has 0 N–H and O–H groups in total. The Morgan fingerprint density at radius 3 is 2.53 bits per heavy atom. The molecule has 3 heteroatoms. The highest BCUT2D eigenvalue weighted by molar-refractivity contribution is 5.34. The van der Waals surface area contributed by atoms with Crippen LogP contribution in [-0.4, -0.2) is 19.3 Å². The van der Waals surface area contributed by atoms with Crippen molar-refractivity contribution in [2.24, 2.45) is 0 Å². The SMILES string of the molecule is COc1ccc(C2(CC#N)CCOC(C)(C)C2)cc1. The minimum absolute atomic E-state index is 0.0945. The number of methoxy groups -OCH3 is 1. The van der Waals surface area contributed by atoms with E-state index in [4.69, 9.17) is 9.47 Å². The second kappa shape index (κ2) is 5.22. The van der Waals surface area contributed by atoms with Gasteiger partial charge in [-0.3, -0.25) is 0 Å². The number of rotatable bonds is 3. The number of ether oxygens (including phenoxy) is 2. The third-order valence-electron chi connectivity index (χ3n) is 3.96. The van der Waals surface area contributed by atoms with Gasteiger partial charge in [0.25, 0.3) is 0 Å². The van der Waals surface area contributed by atoms with Gasteiger partial charge < -0.3 is 9.47 Å². The van der Waals surface area contributed by atoms with Crippen molar-refractivity contribution < 1.29 is 9.47 Å². The van der Waals surface area contributed by atoms with Gasteiger partial charge in [-0.25, -0.2) is 0 Å². The monoisotopic (exact) mass is 259 g/mol. The fraction of sp³-hybridized carbons (Fsp3) is 0.562. The molecule has 1 unspecified atom stereocenters. The van der Waals surface area contributed by atoms with Gasteiger partial charge in [0.2, 0.25) is 0 Å². The van der Waals surface area contributed by atoms with Gasteiger partial charge in [-0.15, -0.1) is 0 Å². The molecule has 0 amide bonds. The van der Waals surface area contributed by atoms with Crippen LogP contribution in [0.1, 0.15) is 38.7 Å². The molecule has 1 aromatic rings. The molecule has 0 aliphatic carbocycles. The van der Waals surface area contributed by atoms with Crippen molar-refractivity contribution in [3.8, 4) is 11.8 Å². The lowest BCUT2D eigenvalue weighted by Gasteiger charge is -2.44. The van der Waals surface area contributed by atoms with Gasteiger partial charge in [0, 0.05) is 18.4 Å². The maximum Gasteiger partial charge on any atom is 0.118 e. The summed E-state index contributed by atoms with van der Waals surface area (Å²) in [6.07, 6.45) is 2.31. The Labute approximate surface area is 115 Å². The van der Waals surface area contributed by atoms with Crippen LogP contribution in [-0.2, 0) is 10.2 Å². The van der Waals surface area contributed by atoms with Crippen LogP contribution in [0, 0.1) is 11.3 Å². The summed E-state index contributed by atoms with van der Waals surface area (Å²) < 4.78 is 11.0. The molecule has 0 saturated carbocycles. The lowest BCUT2D eigenvalue weighted by Crippen LogP contribution is -2.43. The average Bonchev–Trinajstić information content (AvgIpc) is 2.38. The maximum absolute atomic E-state index is 9.20. The molecule has 2 rings (SSSR count). The lowest BCUT2D eigenvalue weighted by molar-refractivity contribution is -0.0816. The van der Waals surface area contributed by atoms with Crippen LogP contribution in [0.3, 0.4) is 0 Å². The van der Waals surface area contributed by atoms with Crippen molar-refractivity contribution >= 4 is 0 Å². The van der Waals surface area contributed by atoms with Gasteiger partial charge in [0.05, 0.1) is 18.8 Å². The summed E-state index contributed by atoms with van der Waals surface area (Å²) >= 11 is 0. The summed E-state index contributed by atoms with van der Waals surface area (Å²) in [6.45, 7) is 4.91. The first-order valence-corrected chi connectivity index (χ1v) is 6.67. The Morgan fingerprint density at radius 1 is 1.32 bits per heavy atom. The van der Waals surface area contributed by atoms with Crippen LogP contribution in [0.25, 0.3) is 0 Å². The van der Waals surface area contributed by atoms with E-state index in [1.165, 1.54) is 5.56 Å². The van der Waals surface area contributed by atoms with Crippen LogP contribution in [0.15, 0.2) is 24.3 Å². The van der Waals surface area contributed by atoms with Gasteiger partial charge >= 0.3 is 0 Å². The van der Waals surface area contributed by atoms with Crippen molar-refractivity contribution in [2.75, 3.05) is 13.7 Å². The Kier molecular flexibility index (Phi) is 3.82. The summed E-state index contributed by atoms with van der Waals surface area (Å²) in [4.78, 5) is 0. The first-order chi connectivity index (χ1) is 9.01. The first-order valence-electron chi connectivity index (χ1n) is 6.67. The number of hydrogen-bond acceptors (Lipinski definition) is 3. The number of nitrogens with zero attached hydrogens (tertiary/aromatic N) is 1. The van der Waals surface area contributed by atoms with E-state index in [-0.39, 0.29) is 11.0 Å². The topological polar surface area (TPSA) is 42.2 Å². The number of nitriles is 1. The van der Waals surface area contributed by atoms with E-state index in [0.717, 1.165) is 18.6 Å². The zero-order chi connectivity index (χ0) is 13.9. The van der Waals surface area contributed by atoms with E-state index in [9.17, 15) is 5.26 Å². The molecule has 1 aliphatic heterocycles. The summed E-state index contributed by atoms with van der Waals surface area (Å²) in [6, 6.07) is 10.5. The molecule has 19 heavy (non-hydrogen) atoms. The van der Waals surface area contributed by atoms with E-state index in [1.54, 1.807) is 7.11 Å². The van der Waals surface area contributed by atoms with Gasteiger partial charge in [0.15, 0.2) is 0 Å². The lowest BCUT2D eigenvalue weighted by atomic mass is 9.67. The van der Waals surface area contributed by atoms with E-state index in [0.29, 0.717) is 13.0 Å². The number of benzene rings is 1. The normalized spacial score (nSPS) is 25.6. The van der Waals surface area contributed by atoms with Gasteiger partial charge in [-0.1, -0.05) is 12.1 Å². The van der Waals surface area contributed by atoms with E-state index in [2.05, 4.69) is 32.0 Å². The highest BCUT2D eigenvalue weighted by atomic mass is 16.5. The summed E-state index contributed by atoms with van der Waals surface area (Å²) in [5, 5.41) is 9.20. The summed E-state index contributed by atoms with van der Waals surface area (Å²) in [5.74, 6) is 0.849. The largest absolute Gasteiger partial charge is 0.497 e. The highest BCUT2D eigenvalue weighted by Gasteiger charge is 2.42. The molecule has 102 valence electrons. The second-order valence-corrected chi connectivity index (χ2v) is 5.88. The average molecular weight is 259 g/mol. The molecule has 0 aromatic heterocycles. The minimum Gasteiger partial charge on any atom is -0.497 e. The van der Waals surface area contributed by atoms with E-state index < -0.39 is 0 Å². The summed E-state index contributed by atoms with van der Waals surface area (Å²) in [7, 11) is 1.66. The van der Waals surface area contributed by atoms with Gasteiger partial charge in [0.1, 0.15) is 5.75 Å². The Hall–Kier alpha value is -1.53. The van der Waals surface area contributed by atoms with Crippen LogP contribution < -0.4 is 4.74 Å². The fourth-order valence-corrected chi connectivity index (χ4v) is 3.07. The zero-order valence-electron chi connectivity index (χ0n) is 11.9. The van der Waals surface area contributed by atoms with Crippen molar-refractivity contribution in [3.05, 3.63) is 29.8 Å². The molecule has 0 radical (unpaired) electrons. The molecule has 3 nitrogen and oxygen atoms in total. The van der Waals surface area contributed by atoms with Crippen molar-refractivity contribution in [1.82, 2.24) is 0 Å². The molecule has 0 spiro atoms. The maximum atomic E-state index is 9.20. The second-order valence-electron chi connectivity index (χ2n) is 5.88. The minimum atomic E-state index is -0.172. The quantitative estimate of drug-likeness (QED) is 0.835. The smallest absolute Gasteiger partial charge is 0.118 e. The molecule has 1 heterocycles.